The first-order chi connectivity index (χ1) is 11.6. The minimum atomic E-state index is -0.883. The van der Waals surface area contributed by atoms with Gasteiger partial charge in [0.25, 0.3) is 5.91 Å². The molecule has 0 aromatic carbocycles. The quantitative estimate of drug-likeness (QED) is 0.898. The molecule has 0 radical (unpaired) electrons. The fourth-order valence-corrected chi connectivity index (χ4v) is 4.51. The fourth-order valence-electron chi connectivity index (χ4n) is 4.51. The number of hydrogen-bond acceptors (Lipinski definition) is 3. The van der Waals surface area contributed by atoms with Crippen molar-refractivity contribution < 1.29 is 14.7 Å². The predicted molar refractivity (Wildman–Crippen MR) is 89.8 cm³/mol. The summed E-state index contributed by atoms with van der Waals surface area (Å²) >= 11 is 0. The van der Waals surface area contributed by atoms with Crippen LogP contribution in [0.25, 0.3) is 0 Å². The number of hydrogen-bond donors (Lipinski definition) is 1. The number of carbonyl (C=O) groups is 2. The maximum atomic E-state index is 13.2. The van der Waals surface area contributed by atoms with E-state index in [9.17, 15) is 14.7 Å². The van der Waals surface area contributed by atoms with Crippen molar-refractivity contribution in [2.45, 2.75) is 76.9 Å². The molecule has 1 aromatic heterocycles. The standard InChI is InChI=1S/C18H27N3O3/c1-3-13(4-2)21-15(9-10-19-21)17(22)20-14-8-6-5-7-12(14)11-16(20)18(23)24/h9-10,12-14,16H,3-8,11H2,1-2H3,(H,23,24)/t12-,14-,16+/m1/s1. The Balaban J connectivity index is 1.93. The first-order valence-electron chi connectivity index (χ1n) is 9.17. The van der Waals surface area contributed by atoms with E-state index in [4.69, 9.17) is 0 Å². The van der Waals surface area contributed by atoms with Crippen molar-refractivity contribution in [3.8, 4) is 0 Å². The summed E-state index contributed by atoms with van der Waals surface area (Å²) in [5.41, 5.74) is 0.529. The first kappa shape index (κ1) is 17.0. The summed E-state index contributed by atoms with van der Waals surface area (Å²) in [6, 6.07) is 1.27. The van der Waals surface area contributed by atoms with Crippen LogP contribution in [0.3, 0.4) is 0 Å². The van der Waals surface area contributed by atoms with Crippen molar-refractivity contribution in [3.63, 3.8) is 0 Å². The molecule has 1 N–H and O–H groups in total. The van der Waals surface area contributed by atoms with Gasteiger partial charge in [-0.25, -0.2) is 4.79 Å². The van der Waals surface area contributed by atoms with E-state index in [1.54, 1.807) is 21.8 Å². The summed E-state index contributed by atoms with van der Waals surface area (Å²) in [5, 5.41) is 14.0. The highest BCUT2D eigenvalue weighted by Crippen LogP contribution is 2.40. The van der Waals surface area contributed by atoms with Crippen LogP contribution in [0.1, 0.15) is 75.3 Å². The average molecular weight is 333 g/mol. The molecule has 2 aliphatic rings. The van der Waals surface area contributed by atoms with E-state index in [0.717, 1.165) is 38.5 Å². The van der Waals surface area contributed by atoms with Crippen LogP contribution in [-0.4, -0.2) is 43.7 Å². The fraction of sp³-hybridized carbons (Fsp3) is 0.722. The molecular formula is C18H27N3O3. The Kier molecular flexibility index (Phi) is 4.92. The number of fused-ring (bicyclic) bond motifs is 1. The lowest BCUT2D eigenvalue weighted by molar-refractivity contribution is -0.141. The molecule has 6 heteroatoms. The third-order valence-electron chi connectivity index (χ3n) is 5.79. The van der Waals surface area contributed by atoms with E-state index in [1.807, 2.05) is 0 Å². The summed E-state index contributed by atoms with van der Waals surface area (Å²) in [4.78, 5) is 26.6. The van der Waals surface area contributed by atoms with Crippen molar-refractivity contribution in [1.82, 2.24) is 14.7 Å². The Labute approximate surface area is 142 Å². The molecule has 6 nitrogen and oxygen atoms in total. The van der Waals surface area contributed by atoms with E-state index < -0.39 is 12.0 Å². The molecule has 1 aliphatic carbocycles. The molecule has 3 atom stereocenters. The summed E-state index contributed by atoms with van der Waals surface area (Å²) in [6.07, 6.45) is 8.19. The molecule has 1 amide bonds. The number of carbonyl (C=O) groups excluding carboxylic acids is 1. The minimum Gasteiger partial charge on any atom is -0.480 e. The molecule has 132 valence electrons. The lowest BCUT2D eigenvalue weighted by Gasteiger charge is -2.33. The summed E-state index contributed by atoms with van der Waals surface area (Å²) in [5.74, 6) is -0.721. The Bertz CT molecular complexity index is 608. The minimum absolute atomic E-state index is 0.0670. The molecular weight excluding hydrogens is 306 g/mol. The average Bonchev–Trinajstić information content (AvgIpc) is 3.20. The molecule has 1 aliphatic heterocycles. The van der Waals surface area contributed by atoms with Gasteiger partial charge in [0.2, 0.25) is 0 Å². The van der Waals surface area contributed by atoms with Gasteiger partial charge in [0, 0.05) is 12.2 Å². The Morgan fingerprint density at radius 1 is 1.29 bits per heavy atom. The van der Waals surface area contributed by atoms with E-state index in [0.29, 0.717) is 18.0 Å². The molecule has 0 bridgehead atoms. The molecule has 0 unspecified atom stereocenters. The molecule has 1 saturated carbocycles. The Hall–Kier alpha value is -1.85. The van der Waals surface area contributed by atoms with Crippen molar-refractivity contribution in [3.05, 3.63) is 18.0 Å². The molecule has 1 saturated heterocycles. The van der Waals surface area contributed by atoms with Crippen LogP contribution in [0.5, 0.6) is 0 Å². The monoisotopic (exact) mass is 333 g/mol. The van der Waals surface area contributed by atoms with Gasteiger partial charge < -0.3 is 10.0 Å². The normalized spacial score (nSPS) is 26.6. The number of aromatic nitrogens is 2. The second-order valence-electron chi connectivity index (χ2n) is 7.05. The summed E-state index contributed by atoms with van der Waals surface area (Å²) in [7, 11) is 0. The van der Waals surface area contributed by atoms with Gasteiger partial charge >= 0.3 is 5.97 Å². The Morgan fingerprint density at radius 2 is 2.00 bits per heavy atom. The zero-order valence-electron chi connectivity index (χ0n) is 14.5. The van der Waals surface area contributed by atoms with Crippen LogP contribution in [0.2, 0.25) is 0 Å². The topological polar surface area (TPSA) is 75.4 Å². The highest BCUT2D eigenvalue weighted by Gasteiger charge is 2.48. The lowest BCUT2D eigenvalue weighted by Crippen LogP contribution is -2.47. The van der Waals surface area contributed by atoms with Gasteiger partial charge in [-0.3, -0.25) is 9.48 Å². The van der Waals surface area contributed by atoms with Gasteiger partial charge in [0.15, 0.2) is 0 Å². The molecule has 2 fully saturated rings. The van der Waals surface area contributed by atoms with Gasteiger partial charge in [-0.05, 0) is 44.1 Å². The SMILES string of the molecule is CCC(CC)n1nccc1C(=O)N1[C@@H]2CCCC[C@@H]2C[C@H]1C(=O)O. The maximum absolute atomic E-state index is 13.2. The third kappa shape index (κ3) is 2.82. The highest BCUT2D eigenvalue weighted by atomic mass is 16.4. The van der Waals surface area contributed by atoms with Gasteiger partial charge in [-0.15, -0.1) is 0 Å². The predicted octanol–water partition coefficient (Wildman–Crippen LogP) is 3.10. The third-order valence-corrected chi connectivity index (χ3v) is 5.79. The molecule has 3 rings (SSSR count). The zero-order valence-corrected chi connectivity index (χ0v) is 14.5. The maximum Gasteiger partial charge on any atom is 0.326 e. The van der Waals surface area contributed by atoms with Crippen LogP contribution < -0.4 is 0 Å². The first-order valence-corrected chi connectivity index (χ1v) is 9.17. The number of nitrogens with zero attached hydrogens (tertiary/aromatic N) is 3. The van der Waals surface area contributed by atoms with E-state index in [2.05, 4.69) is 18.9 Å². The second kappa shape index (κ2) is 6.95. The molecule has 2 heterocycles. The number of likely N-dealkylation sites (tertiary alicyclic amines) is 1. The van der Waals surface area contributed by atoms with Crippen molar-refractivity contribution in [1.29, 1.82) is 0 Å². The molecule has 0 spiro atoms. The van der Waals surface area contributed by atoms with Gasteiger partial charge in [-0.1, -0.05) is 26.7 Å². The number of rotatable bonds is 5. The Morgan fingerprint density at radius 3 is 2.67 bits per heavy atom. The number of aliphatic carboxylic acids is 1. The molecule has 24 heavy (non-hydrogen) atoms. The van der Waals surface area contributed by atoms with Crippen molar-refractivity contribution in [2.75, 3.05) is 0 Å². The summed E-state index contributed by atoms with van der Waals surface area (Å²) in [6.45, 7) is 4.16. The van der Waals surface area contributed by atoms with E-state index in [-0.39, 0.29) is 18.0 Å². The lowest BCUT2D eigenvalue weighted by atomic mass is 9.84. The second-order valence-corrected chi connectivity index (χ2v) is 7.05. The van der Waals surface area contributed by atoms with Crippen LogP contribution in [0.4, 0.5) is 0 Å². The van der Waals surface area contributed by atoms with Crippen LogP contribution in [0.15, 0.2) is 12.3 Å². The van der Waals surface area contributed by atoms with Crippen LogP contribution in [0, 0.1) is 5.92 Å². The zero-order chi connectivity index (χ0) is 17.3. The number of carboxylic acids is 1. The summed E-state index contributed by atoms with van der Waals surface area (Å²) < 4.78 is 1.79. The number of amides is 1. The van der Waals surface area contributed by atoms with Gasteiger partial charge in [-0.2, -0.15) is 5.10 Å². The van der Waals surface area contributed by atoms with Gasteiger partial charge in [0.05, 0.1) is 6.04 Å². The smallest absolute Gasteiger partial charge is 0.326 e. The number of carboxylic acid groups (broad SMARTS) is 1. The van der Waals surface area contributed by atoms with Crippen LogP contribution in [-0.2, 0) is 4.79 Å². The van der Waals surface area contributed by atoms with Crippen LogP contribution >= 0.6 is 0 Å². The van der Waals surface area contributed by atoms with Crippen molar-refractivity contribution >= 4 is 11.9 Å². The highest BCUT2D eigenvalue weighted by molar-refractivity contribution is 5.96. The van der Waals surface area contributed by atoms with Gasteiger partial charge in [0.1, 0.15) is 11.7 Å². The largest absolute Gasteiger partial charge is 0.480 e. The van der Waals surface area contributed by atoms with E-state index >= 15 is 0 Å². The van der Waals surface area contributed by atoms with Crippen molar-refractivity contribution in [2.24, 2.45) is 5.92 Å². The van der Waals surface area contributed by atoms with E-state index in [1.165, 1.54) is 0 Å². The molecule has 1 aromatic rings.